The predicted molar refractivity (Wildman–Crippen MR) is 79.5 cm³/mol. The lowest BCUT2D eigenvalue weighted by Gasteiger charge is -2.13. The molecule has 0 saturated heterocycles. The van der Waals surface area contributed by atoms with Crippen LogP contribution in [-0.4, -0.2) is 24.6 Å². The first-order valence-electron chi connectivity index (χ1n) is 5.96. The standard InChI is InChI=1S/C13H17N7/c1-8(16)12(20-13(17)18-2)19-11-5-9(6-14)3-4-10(11)7-15/h5,7H,1,3-4,15-16H2,2H3,(H2,17,18)/p+1. The topological polar surface area (TPSA) is 141 Å². The highest BCUT2D eigenvalue weighted by Gasteiger charge is 2.16. The van der Waals surface area contributed by atoms with Crippen molar-refractivity contribution in [3.63, 3.8) is 0 Å². The molecule has 0 fully saturated rings. The van der Waals surface area contributed by atoms with E-state index in [1.165, 1.54) is 6.20 Å². The fraction of sp³-hybridized carbons (Fsp3) is 0.231. The van der Waals surface area contributed by atoms with E-state index in [1.54, 1.807) is 13.1 Å². The van der Waals surface area contributed by atoms with Crippen molar-refractivity contribution < 1.29 is 4.99 Å². The molecular formula is C13H18N7+. The summed E-state index contributed by atoms with van der Waals surface area (Å²) >= 11 is 0. The van der Waals surface area contributed by atoms with Gasteiger partial charge in [0, 0.05) is 5.57 Å². The van der Waals surface area contributed by atoms with Crippen LogP contribution in [0.1, 0.15) is 12.8 Å². The zero-order valence-corrected chi connectivity index (χ0v) is 11.3. The van der Waals surface area contributed by atoms with Crippen molar-refractivity contribution >= 4 is 17.5 Å². The molecule has 7 N–H and O–H groups in total. The van der Waals surface area contributed by atoms with E-state index >= 15 is 0 Å². The number of nitrogens with two attached hydrogens (primary N) is 3. The lowest BCUT2D eigenvalue weighted by molar-refractivity contribution is -0.421. The van der Waals surface area contributed by atoms with Gasteiger partial charge in [-0.3, -0.25) is 10.7 Å². The van der Waals surface area contributed by atoms with E-state index in [-0.39, 0.29) is 17.5 Å². The lowest BCUT2D eigenvalue weighted by atomic mass is 9.94. The number of allylic oxidation sites excluding steroid dienone is 3. The van der Waals surface area contributed by atoms with Crippen molar-refractivity contribution in [2.45, 2.75) is 12.8 Å². The van der Waals surface area contributed by atoms with Crippen LogP contribution < -0.4 is 22.2 Å². The van der Waals surface area contributed by atoms with Crippen molar-refractivity contribution in [2.24, 2.45) is 27.2 Å². The minimum absolute atomic E-state index is 0.162. The Morgan fingerprint density at radius 3 is 2.70 bits per heavy atom. The molecular weight excluding hydrogens is 254 g/mol. The number of aliphatic imine (C=N–C) groups is 2. The number of hydrogen-bond acceptors (Lipinski definition) is 3. The van der Waals surface area contributed by atoms with E-state index in [9.17, 15) is 0 Å². The maximum absolute atomic E-state index is 8.96. The molecule has 1 aliphatic rings. The van der Waals surface area contributed by atoms with Gasteiger partial charge in [-0.25, -0.2) is 4.99 Å². The van der Waals surface area contributed by atoms with E-state index in [0.717, 1.165) is 5.57 Å². The summed E-state index contributed by atoms with van der Waals surface area (Å²) in [4.78, 5) is 11.0. The highest BCUT2D eigenvalue weighted by atomic mass is 15.1. The molecule has 0 unspecified atom stereocenters. The van der Waals surface area contributed by atoms with Gasteiger partial charge in [-0.05, 0) is 35.7 Å². The van der Waals surface area contributed by atoms with Crippen LogP contribution in [0.15, 0.2) is 45.7 Å². The van der Waals surface area contributed by atoms with Crippen LogP contribution in [0.4, 0.5) is 0 Å². The number of rotatable bonds is 1. The van der Waals surface area contributed by atoms with E-state index in [2.05, 4.69) is 27.6 Å². The number of guanidine groups is 1. The monoisotopic (exact) mass is 272 g/mol. The molecule has 0 amide bonds. The van der Waals surface area contributed by atoms with E-state index in [0.29, 0.717) is 24.1 Å². The van der Waals surface area contributed by atoms with Gasteiger partial charge in [-0.2, -0.15) is 5.26 Å². The molecule has 1 rings (SSSR count). The number of nitrogens with zero attached hydrogens (tertiary/aromatic N) is 3. The summed E-state index contributed by atoms with van der Waals surface area (Å²) in [7, 11) is 1.63. The molecule has 20 heavy (non-hydrogen) atoms. The summed E-state index contributed by atoms with van der Waals surface area (Å²) in [5, 5.41) is 8.96. The Balaban J connectivity index is 3.32. The van der Waals surface area contributed by atoms with Gasteiger partial charge in [0.2, 0.25) is 0 Å². The summed E-state index contributed by atoms with van der Waals surface area (Å²) in [5.41, 5.74) is 19.0. The second kappa shape index (κ2) is 6.89. The minimum Gasteiger partial charge on any atom is -0.404 e. The van der Waals surface area contributed by atoms with Crippen LogP contribution in [0.3, 0.4) is 0 Å². The Morgan fingerprint density at radius 2 is 2.20 bits per heavy atom. The Hall–Kier alpha value is -2.88. The van der Waals surface area contributed by atoms with Crippen LogP contribution >= 0.6 is 0 Å². The molecule has 0 spiro atoms. The largest absolute Gasteiger partial charge is 0.404 e. The molecule has 7 heteroatoms. The fourth-order valence-corrected chi connectivity index (χ4v) is 1.54. The number of hydrogen-bond donors (Lipinski definition) is 4. The third-order valence-electron chi connectivity index (χ3n) is 2.64. The van der Waals surface area contributed by atoms with Crippen molar-refractivity contribution in [2.75, 3.05) is 7.05 Å². The molecule has 104 valence electrons. The van der Waals surface area contributed by atoms with Crippen LogP contribution in [0.25, 0.3) is 0 Å². The van der Waals surface area contributed by atoms with Crippen molar-refractivity contribution in [3.8, 4) is 6.07 Å². The average molecular weight is 272 g/mol. The fourth-order valence-electron chi connectivity index (χ4n) is 1.54. The van der Waals surface area contributed by atoms with Gasteiger partial charge in [-0.1, -0.05) is 6.58 Å². The highest BCUT2D eigenvalue weighted by molar-refractivity contribution is 6.18. The van der Waals surface area contributed by atoms with Gasteiger partial charge in [0.15, 0.2) is 0 Å². The van der Waals surface area contributed by atoms with Gasteiger partial charge in [0.25, 0.3) is 5.84 Å². The smallest absolute Gasteiger partial charge is 0.384 e. The first-order valence-corrected chi connectivity index (χ1v) is 5.96. The van der Waals surface area contributed by atoms with E-state index in [1.807, 2.05) is 0 Å². The Morgan fingerprint density at radius 1 is 1.50 bits per heavy atom. The predicted octanol–water partition coefficient (Wildman–Crippen LogP) is -1.59. The molecule has 0 saturated carbocycles. The first kappa shape index (κ1) is 15.2. The molecule has 0 radical (unpaired) electrons. The van der Waals surface area contributed by atoms with Crippen molar-refractivity contribution in [3.05, 3.63) is 35.7 Å². The molecule has 0 aromatic carbocycles. The zero-order valence-electron chi connectivity index (χ0n) is 11.3. The first-order chi connectivity index (χ1) is 9.51. The van der Waals surface area contributed by atoms with Crippen LogP contribution in [0, 0.1) is 11.3 Å². The summed E-state index contributed by atoms with van der Waals surface area (Å²) in [5.74, 6) is 0.344. The summed E-state index contributed by atoms with van der Waals surface area (Å²) in [6.45, 7) is 3.61. The molecule has 1 aliphatic carbocycles. The third-order valence-corrected chi connectivity index (χ3v) is 2.64. The Labute approximate surface area is 117 Å². The van der Waals surface area contributed by atoms with Gasteiger partial charge in [-0.15, -0.1) is 0 Å². The number of nitriles is 1. The summed E-state index contributed by atoms with van der Waals surface area (Å²) < 4.78 is 0. The van der Waals surface area contributed by atoms with Crippen LogP contribution in [0.2, 0.25) is 0 Å². The van der Waals surface area contributed by atoms with Gasteiger partial charge < -0.3 is 11.5 Å². The van der Waals surface area contributed by atoms with Gasteiger partial charge in [0.05, 0.1) is 24.5 Å². The molecule has 0 aliphatic heterocycles. The quantitative estimate of drug-likeness (QED) is 0.337. The Bertz CT molecular complexity index is 597. The maximum atomic E-state index is 8.96. The summed E-state index contributed by atoms with van der Waals surface area (Å²) in [6.07, 6.45) is 4.41. The normalized spacial score (nSPS) is 20.7. The molecule has 0 bridgehead atoms. The van der Waals surface area contributed by atoms with E-state index in [4.69, 9.17) is 22.5 Å². The summed E-state index contributed by atoms with van der Waals surface area (Å²) in [6, 6.07) is 2.11. The van der Waals surface area contributed by atoms with Crippen LogP contribution in [0.5, 0.6) is 0 Å². The lowest BCUT2D eigenvalue weighted by Crippen LogP contribution is -2.70. The van der Waals surface area contributed by atoms with Gasteiger partial charge >= 0.3 is 5.96 Å². The minimum atomic E-state index is 0.162. The third kappa shape index (κ3) is 3.81. The second-order valence-corrected chi connectivity index (χ2v) is 4.07. The SMILES string of the molecule is C=C(N)C(N=C1C=C(C#N)CCC1=CN)=NC(N)=[NH+]C. The van der Waals surface area contributed by atoms with Crippen molar-refractivity contribution in [1.82, 2.24) is 0 Å². The van der Waals surface area contributed by atoms with Gasteiger partial charge in [0.1, 0.15) is 0 Å². The van der Waals surface area contributed by atoms with Crippen molar-refractivity contribution in [1.29, 1.82) is 5.26 Å². The number of amidine groups is 1. The zero-order chi connectivity index (χ0) is 15.1. The molecule has 7 nitrogen and oxygen atoms in total. The number of nitrogens with one attached hydrogen (secondary N) is 1. The van der Waals surface area contributed by atoms with E-state index < -0.39 is 0 Å². The molecule has 0 aromatic rings. The Kier molecular flexibility index (Phi) is 5.23. The highest BCUT2D eigenvalue weighted by Crippen LogP contribution is 2.20. The molecule has 0 heterocycles. The maximum Gasteiger partial charge on any atom is 0.384 e. The second-order valence-electron chi connectivity index (χ2n) is 4.07. The van der Waals surface area contributed by atoms with Crippen LogP contribution in [-0.2, 0) is 0 Å². The average Bonchev–Trinajstić information content (AvgIpc) is 2.45. The molecule has 0 atom stereocenters. The molecule has 0 aromatic heterocycles.